The van der Waals surface area contributed by atoms with Gasteiger partial charge in [-0.15, -0.1) is 0 Å². The van der Waals surface area contributed by atoms with Gasteiger partial charge in [-0.2, -0.15) is 0 Å². The normalized spacial score (nSPS) is 12.1. The molecule has 33 heavy (non-hydrogen) atoms. The van der Waals surface area contributed by atoms with Gasteiger partial charge in [0.2, 0.25) is 0 Å². The van der Waals surface area contributed by atoms with Crippen LogP contribution in [0.15, 0.2) is 42.5 Å². The highest BCUT2D eigenvalue weighted by Gasteiger charge is 2.16. The van der Waals surface area contributed by atoms with E-state index in [0.29, 0.717) is 16.7 Å². The van der Waals surface area contributed by atoms with Gasteiger partial charge in [0.25, 0.3) is 0 Å². The third-order valence-corrected chi connectivity index (χ3v) is 4.66. The summed E-state index contributed by atoms with van der Waals surface area (Å²) in [7, 11) is 2.76. The number of carbonyl (C=O) groups is 3. The first-order chi connectivity index (χ1) is 15.6. The van der Waals surface area contributed by atoms with E-state index >= 15 is 0 Å². The van der Waals surface area contributed by atoms with Crippen LogP contribution in [-0.4, -0.2) is 53.1 Å². The van der Waals surface area contributed by atoms with Crippen LogP contribution in [0, 0.1) is 0 Å². The molecule has 0 heterocycles. The summed E-state index contributed by atoms with van der Waals surface area (Å²) >= 11 is 0. The Morgan fingerprint density at radius 2 is 1.55 bits per heavy atom. The molecule has 2 aromatic carbocycles. The van der Waals surface area contributed by atoms with Crippen LogP contribution >= 0.6 is 0 Å². The van der Waals surface area contributed by atoms with Gasteiger partial charge < -0.3 is 30.5 Å². The number of rotatable bonds is 11. The summed E-state index contributed by atoms with van der Waals surface area (Å²) in [6.07, 6.45) is 4.88. The van der Waals surface area contributed by atoms with E-state index in [0.717, 1.165) is 0 Å². The summed E-state index contributed by atoms with van der Waals surface area (Å²) in [4.78, 5) is 35.5. The quantitative estimate of drug-likeness (QED) is 0.295. The van der Waals surface area contributed by atoms with Crippen molar-refractivity contribution in [1.29, 1.82) is 0 Å². The summed E-state index contributed by atoms with van der Waals surface area (Å²) in [5, 5.41) is 28.6. The van der Waals surface area contributed by atoms with Gasteiger partial charge in [0.1, 0.15) is 6.04 Å². The van der Waals surface area contributed by atoms with Crippen LogP contribution in [-0.2, 0) is 20.8 Å². The van der Waals surface area contributed by atoms with E-state index in [1.807, 2.05) is 0 Å². The lowest BCUT2D eigenvalue weighted by Crippen LogP contribution is -2.32. The number of nitrogens with two attached hydrogens (primary N) is 1. The van der Waals surface area contributed by atoms with Crippen LogP contribution in [0.5, 0.6) is 23.0 Å². The first kappa shape index (κ1) is 25.2. The van der Waals surface area contributed by atoms with Crippen LogP contribution in [0.25, 0.3) is 12.2 Å². The van der Waals surface area contributed by atoms with Gasteiger partial charge in [-0.1, -0.05) is 18.2 Å². The molecule has 5 N–H and O–H groups in total. The molecule has 0 aliphatic heterocycles. The van der Waals surface area contributed by atoms with Gasteiger partial charge in [-0.3, -0.25) is 14.4 Å². The Balaban J connectivity index is 2.12. The van der Waals surface area contributed by atoms with Crippen molar-refractivity contribution in [3.8, 4) is 23.0 Å². The monoisotopic (exact) mass is 455 g/mol. The van der Waals surface area contributed by atoms with E-state index in [2.05, 4.69) is 0 Å². The Morgan fingerprint density at radius 1 is 0.939 bits per heavy atom. The molecule has 0 radical (unpaired) electrons. The highest BCUT2D eigenvalue weighted by molar-refractivity contribution is 6.11. The number of aliphatic carboxylic acids is 1. The standard InChI is InChI=1S/C24H25NO8/c1-32-22-9-14(4-8-20(22)28)3-6-17(26)13-18(27)7-5-15-12-23(33-2)21(29)11-16(15)10-19(25)24(30)31/h3-9,11-12,19,28-29H,10,13,25H2,1-2H3,(H,30,31)/b6-3+,7-5+/t19-/m1/s1. The van der Waals surface area contributed by atoms with Crippen molar-refractivity contribution in [3.05, 3.63) is 59.2 Å². The van der Waals surface area contributed by atoms with E-state index < -0.39 is 23.6 Å². The first-order valence-electron chi connectivity index (χ1n) is 9.81. The van der Waals surface area contributed by atoms with E-state index in [4.69, 9.17) is 20.3 Å². The summed E-state index contributed by atoms with van der Waals surface area (Å²) in [5.41, 5.74) is 7.03. The lowest BCUT2D eigenvalue weighted by atomic mass is 9.98. The van der Waals surface area contributed by atoms with Crippen molar-refractivity contribution >= 4 is 29.7 Å². The van der Waals surface area contributed by atoms with Crippen LogP contribution < -0.4 is 15.2 Å². The number of ether oxygens (including phenoxy) is 2. The smallest absolute Gasteiger partial charge is 0.320 e. The van der Waals surface area contributed by atoms with Crippen molar-refractivity contribution in [2.45, 2.75) is 18.9 Å². The molecule has 0 aliphatic carbocycles. The molecule has 174 valence electrons. The second-order valence-electron chi connectivity index (χ2n) is 7.08. The molecule has 0 aromatic heterocycles. The number of allylic oxidation sites excluding steroid dienone is 2. The fourth-order valence-electron chi connectivity index (χ4n) is 2.91. The third-order valence-electron chi connectivity index (χ3n) is 4.66. The summed E-state index contributed by atoms with van der Waals surface area (Å²) < 4.78 is 10.1. The highest BCUT2D eigenvalue weighted by atomic mass is 16.5. The summed E-state index contributed by atoms with van der Waals surface area (Å²) in [5.74, 6) is -1.96. The van der Waals surface area contributed by atoms with Crippen molar-refractivity contribution in [2.75, 3.05) is 14.2 Å². The zero-order chi connectivity index (χ0) is 24.5. The van der Waals surface area contributed by atoms with E-state index in [-0.39, 0.29) is 35.8 Å². The number of phenols is 2. The van der Waals surface area contributed by atoms with E-state index in [1.54, 1.807) is 12.1 Å². The Labute approximate surface area is 190 Å². The molecule has 0 saturated heterocycles. The molecule has 0 aliphatic rings. The molecule has 0 saturated carbocycles. The molecule has 9 nitrogen and oxygen atoms in total. The summed E-state index contributed by atoms with van der Waals surface area (Å²) in [6.45, 7) is 0. The van der Waals surface area contributed by atoms with Gasteiger partial charge in [-0.25, -0.2) is 0 Å². The zero-order valence-electron chi connectivity index (χ0n) is 18.1. The van der Waals surface area contributed by atoms with Gasteiger partial charge >= 0.3 is 5.97 Å². The maximum atomic E-state index is 12.3. The number of aromatic hydroxyl groups is 2. The van der Waals surface area contributed by atoms with Gasteiger partial charge in [0.15, 0.2) is 34.6 Å². The van der Waals surface area contributed by atoms with Crippen molar-refractivity contribution in [1.82, 2.24) is 0 Å². The first-order valence-corrected chi connectivity index (χ1v) is 9.81. The number of phenolic OH excluding ortho intramolecular Hbond substituents is 2. The molecular weight excluding hydrogens is 430 g/mol. The average molecular weight is 455 g/mol. The molecule has 0 unspecified atom stereocenters. The number of carboxylic acid groups (broad SMARTS) is 1. The highest BCUT2D eigenvalue weighted by Crippen LogP contribution is 2.31. The SMILES string of the molecule is COc1cc(/C=C/C(=O)CC(=O)/C=C/c2cc(OC)c(O)cc2C[C@@H](N)C(=O)O)ccc1O. The second-order valence-corrected chi connectivity index (χ2v) is 7.08. The van der Waals surface area contributed by atoms with Crippen LogP contribution in [0.2, 0.25) is 0 Å². The predicted octanol–water partition coefficient (Wildman–Crippen LogP) is 2.32. The fraction of sp³-hybridized carbons (Fsp3) is 0.208. The van der Waals surface area contributed by atoms with E-state index in [1.165, 1.54) is 56.7 Å². The summed E-state index contributed by atoms with van der Waals surface area (Å²) in [6, 6.07) is 6.13. The van der Waals surface area contributed by atoms with Crippen LogP contribution in [0.3, 0.4) is 0 Å². The molecular formula is C24H25NO8. The number of carbonyl (C=O) groups excluding carboxylic acids is 2. The topological polar surface area (TPSA) is 156 Å². The Kier molecular flexibility index (Phi) is 8.76. The number of ketones is 2. The molecule has 2 aromatic rings. The van der Waals surface area contributed by atoms with E-state index in [9.17, 15) is 24.6 Å². The Hall–Kier alpha value is -4.11. The zero-order valence-corrected chi connectivity index (χ0v) is 18.1. The number of benzene rings is 2. The molecule has 0 bridgehead atoms. The Bertz CT molecular complexity index is 1100. The predicted molar refractivity (Wildman–Crippen MR) is 121 cm³/mol. The molecule has 0 amide bonds. The minimum atomic E-state index is -1.21. The Morgan fingerprint density at radius 3 is 2.15 bits per heavy atom. The maximum Gasteiger partial charge on any atom is 0.320 e. The third kappa shape index (κ3) is 7.22. The number of carboxylic acids is 1. The molecule has 9 heteroatoms. The van der Waals surface area contributed by atoms with Crippen molar-refractivity contribution in [2.24, 2.45) is 5.73 Å². The number of hydrogen-bond acceptors (Lipinski definition) is 8. The molecule has 2 rings (SSSR count). The average Bonchev–Trinajstić information content (AvgIpc) is 2.77. The minimum Gasteiger partial charge on any atom is -0.504 e. The lowest BCUT2D eigenvalue weighted by Gasteiger charge is -2.13. The van der Waals surface area contributed by atoms with Crippen molar-refractivity contribution < 1.29 is 39.2 Å². The molecule has 0 spiro atoms. The number of hydrogen-bond donors (Lipinski definition) is 4. The largest absolute Gasteiger partial charge is 0.504 e. The van der Waals surface area contributed by atoms with Gasteiger partial charge in [0.05, 0.1) is 20.6 Å². The minimum absolute atomic E-state index is 0.0316. The van der Waals surface area contributed by atoms with Gasteiger partial charge in [-0.05, 0) is 59.5 Å². The van der Waals surface area contributed by atoms with Crippen molar-refractivity contribution in [3.63, 3.8) is 0 Å². The van der Waals surface area contributed by atoms with Crippen LogP contribution in [0.1, 0.15) is 23.1 Å². The van der Waals surface area contributed by atoms with Crippen LogP contribution in [0.4, 0.5) is 0 Å². The second kappa shape index (κ2) is 11.5. The van der Waals surface area contributed by atoms with Gasteiger partial charge in [0, 0.05) is 0 Å². The lowest BCUT2D eigenvalue weighted by molar-refractivity contribution is -0.138. The molecule has 0 fully saturated rings. The molecule has 1 atom stereocenters. The maximum absolute atomic E-state index is 12.3. The number of methoxy groups -OCH3 is 2. The fourth-order valence-corrected chi connectivity index (χ4v) is 2.91.